The molecule has 2 aliphatic rings. The summed E-state index contributed by atoms with van der Waals surface area (Å²) in [7, 11) is 2.00. The number of benzene rings is 1. The van der Waals surface area contributed by atoms with Crippen molar-refractivity contribution in [2.45, 2.75) is 23.9 Å². The van der Waals surface area contributed by atoms with Crippen LogP contribution in [0.3, 0.4) is 0 Å². The summed E-state index contributed by atoms with van der Waals surface area (Å²) in [5.74, 6) is 2.26. The van der Waals surface area contributed by atoms with Gasteiger partial charge in [-0.3, -0.25) is 4.79 Å². The normalized spacial score (nSPS) is 17.8. The zero-order valence-electron chi connectivity index (χ0n) is 14.5. The van der Waals surface area contributed by atoms with Crippen LogP contribution in [0.2, 0.25) is 0 Å². The molecular formula is C18H23N5OS. The van der Waals surface area contributed by atoms with Crippen LogP contribution in [0.15, 0.2) is 35.5 Å². The molecule has 25 heavy (non-hydrogen) atoms. The van der Waals surface area contributed by atoms with Crippen molar-refractivity contribution in [1.82, 2.24) is 19.7 Å². The van der Waals surface area contributed by atoms with E-state index in [-0.39, 0.29) is 5.91 Å². The number of thioether (sulfide) groups is 1. The van der Waals surface area contributed by atoms with Crippen molar-refractivity contribution in [1.29, 1.82) is 0 Å². The average Bonchev–Trinajstić information content (AvgIpc) is 3.44. The van der Waals surface area contributed by atoms with Gasteiger partial charge in [0.25, 0.3) is 0 Å². The van der Waals surface area contributed by atoms with Gasteiger partial charge in [0.1, 0.15) is 5.82 Å². The highest BCUT2D eigenvalue weighted by molar-refractivity contribution is 7.99. The first-order valence-corrected chi connectivity index (χ1v) is 9.81. The molecule has 0 bridgehead atoms. The highest BCUT2D eigenvalue weighted by Crippen LogP contribution is 2.39. The van der Waals surface area contributed by atoms with Crippen LogP contribution in [0.1, 0.15) is 24.6 Å². The molecule has 1 aliphatic carbocycles. The molecule has 1 aromatic carbocycles. The van der Waals surface area contributed by atoms with Gasteiger partial charge in [-0.1, -0.05) is 30.0 Å². The number of amides is 1. The maximum atomic E-state index is 12.5. The Morgan fingerprint density at radius 2 is 1.84 bits per heavy atom. The van der Waals surface area contributed by atoms with E-state index in [2.05, 4.69) is 39.4 Å². The molecule has 7 heteroatoms. The van der Waals surface area contributed by atoms with Crippen LogP contribution in [0.4, 0.5) is 5.69 Å². The third-order valence-corrected chi connectivity index (χ3v) is 5.89. The third-order valence-electron chi connectivity index (χ3n) is 4.89. The van der Waals surface area contributed by atoms with Gasteiger partial charge in [0, 0.05) is 44.8 Å². The van der Waals surface area contributed by atoms with Crippen LogP contribution < -0.4 is 4.90 Å². The van der Waals surface area contributed by atoms with E-state index >= 15 is 0 Å². The lowest BCUT2D eigenvalue weighted by atomic mass is 10.2. The molecule has 1 saturated carbocycles. The maximum Gasteiger partial charge on any atom is 0.233 e. The number of aromatic nitrogens is 3. The second kappa shape index (κ2) is 7.07. The summed E-state index contributed by atoms with van der Waals surface area (Å²) in [6.45, 7) is 3.33. The fourth-order valence-electron chi connectivity index (χ4n) is 3.22. The third kappa shape index (κ3) is 3.66. The number of piperazine rings is 1. The first-order chi connectivity index (χ1) is 12.2. The van der Waals surface area contributed by atoms with E-state index in [9.17, 15) is 4.79 Å². The molecule has 0 N–H and O–H groups in total. The second-order valence-electron chi connectivity index (χ2n) is 6.67. The summed E-state index contributed by atoms with van der Waals surface area (Å²) in [4.78, 5) is 16.8. The smallest absolute Gasteiger partial charge is 0.233 e. The van der Waals surface area contributed by atoms with Gasteiger partial charge in [-0.2, -0.15) is 0 Å². The van der Waals surface area contributed by atoms with Crippen LogP contribution >= 0.6 is 11.8 Å². The van der Waals surface area contributed by atoms with Crippen molar-refractivity contribution in [3.8, 4) is 0 Å². The Kier molecular flexibility index (Phi) is 4.65. The van der Waals surface area contributed by atoms with Crippen LogP contribution in [0.5, 0.6) is 0 Å². The lowest BCUT2D eigenvalue weighted by Gasteiger charge is -2.36. The lowest BCUT2D eigenvalue weighted by Crippen LogP contribution is -2.49. The van der Waals surface area contributed by atoms with E-state index in [1.54, 1.807) is 0 Å². The van der Waals surface area contributed by atoms with Crippen LogP contribution in [-0.2, 0) is 11.8 Å². The molecule has 132 valence electrons. The monoisotopic (exact) mass is 357 g/mol. The number of anilines is 1. The highest BCUT2D eigenvalue weighted by Gasteiger charge is 2.29. The molecule has 2 aromatic rings. The van der Waals surface area contributed by atoms with Gasteiger partial charge in [0.15, 0.2) is 5.16 Å². The standard InChI is InChI=1S/C18H23N5OS/c1-21-17(14-7-8-14)19-20-18(21)25-13-16(24)23-11-9-22(10-12-23)15-5-3-2-4-6-15/h2-6,14H,7-13H2,1H3. The van der Waals surface area contributed by atoms with Crippen LogP contribution in [0.25, 0.3) is 0 Å². The van der Waals surface area contributed by atoms with Crippen molar-refractivity contribution in [3.05, 3.63) is 36.2 Å². The number of carbonyl (C=O) groups excluding carboxylic acids is 1. The topological polar surface area (TPSA) is 54.3 Å². The summed E-state index contributed by atoms with van der Waals surface area (Å²) < 4.78 is 2.04. The van der Waals surface area contributed by atoms with E-state index in [1.807, 2.05) is 22.6 Å². The molecule has 2 heterocycles. The Balaban J connectivity index is 1.28. The maximum absolute atomic E-state index is 12.5. The molecule has 2 fully saturated rings. The minimum absolute atomic E-state index is 0.189. The Hall–Kier alpha value is -2.02. The van der Waals surface area contributed by atoms with Gasteiger partial charge in [-0.05, 0) is 25.0 Å². The number of nitrogens with zero attached hydrogens (tertiary/aromatic N) is 5. The number of rotatable bonds is 5. The number of para-hydroxylation sites is 1. The molecule has 0 radical (unpaired) electrons. The minimum atomic E-state index is 0.189. The Morgan fingerprint density at radius 3 is 2.52 bits per heavy atom. The second-order valence-corrected chi connectivity index (χ2v) is 7.61. The lowest BCUT2D eigenvalue weighted by molar-refractivity contribution is -0.128. The summed E-state index contributed by atoms with van der Waals surface area (Å²) in [6, 6.07) is 10.4. The number of hydrogen-bond acceptors (Lipinski definition) is 5. The zero-order valence-corrected chi connectivity index (χ0v) is 15.3. The van der Waals surface area contributed by atoms with E-state index in [4.69, 9.17) is 0 Å². The zero-order chi connectivity index (χ0) is 17.2. The van der Waals surface area contributed by atoms with Gasteiger partial charge in [-0.25, -0.2) is 0 Å². The predicted molar refractivity (Wildman–Crippen MR) is 98.9 cm³/mol. The Labute approximate surface area is 152 Å². The first-order valence-electron chi connectivity index (χ1n) is 8.82. The molecular weight excluding hydrogens is 334 g/mol. The Bertz CT molecular complexity index is 735. The van der Waals surface area contributed by atoms with Crippen molar-refractivity contribution >= 4 is 23.4 Å². The molecule has 6 nitrogen and oxygen atoms in total. The van der Waals surface area contributed by atoms with Gasteiger partial charge in [0.05, 0.1) is 5.75 Å². The molecule has 0 unspecified atom stereocenters. The van der Waals surface area contributed by atoms with E-state index < -0.39 is 0 Å². The quantitative estimate of drug-likeness (QED) is 0.768. The molecule has 1 aromatic heterocycles. The van der Waals surface area contributed by atoms with E-state index in [1.165, 1.54) is 30.3 Å². The number of hydrogen-bond donors (Lipinski definition) is 0. The fourth-order valence-corrected chi connectivity index (χ4v) is 4.04. The SMILES string of the molecule is Cn1c(SCC(=O)N2CCN(c3ccccc3)CC2)nnc1C1CC1. The van der Waals surface area contributed by atoms with E-state index in [0.29, 0.717) is 11.7 Å². The molecule has 1 amide bonds. The first kappa shape index (κ1) is 16.4. The minimum Gasteiger partial charge on any atom is -0.368 e. The van der Waals surface area contributed by atoms with Gasteiger partial charge >= 0.3 is 0 Å². The number of carbonyl (C=O) groups is 1. The van der Waals surface area contributed by atoms with Gasteiger partial charge in [-0.15, -0.1) is 10.2 Å². The summed E-state index contributed by atoms with van der Waals surface area (Å²) >= 11 is 1.50. The molecule has 1 aliphatic heterocycles. The van der Waals surface area contributed by atoms with Crippen molar-refractivity contribution in [3.63, 3.8) is 0 Å². The van der Waals surface area contributed by atoms with Crippen molar-refractivity contribution in [2.75, 3.05) is 36.8 Å². The van der Waals surface area contributed by atoms with Crippen LogP contribution in [-0.4, -0.2) is 57.5 Å². The molecule has 1 saturated heterocycles. The average molecular weight is 357 g/mol. The summed E-state index contributed by atoms with van der Waals surface area (Å²) in [6.07, 6.45) is 2.42. The highest BCUT2D eigenvalue weighted by atomic mass is 32.2. The predicted octanol–water partition coefficient (Wildman–Crippen LogP) is 2.13. The largest absolute Gasteiger partial charge is 0.368 e. The summed E-state index contributed by atoms with van der Waals surface area (Å²) in [5.41, 5.74) is 1.23. The molecule has 0 spiro atoms. The van der Waals surface area contributed by atoms with Gasteiger partial charge < -0.3 is 14.4 Å². The fraction of sp³-hybridized carbons (Fsp3) is 0.500. The van der Waals surface area contributed by atoms with Crippen LogP contribution in [0, 0.1) is 0 Å². The molecule has 0 atom stereocenters. The van der Waals surface area contributed by atoms with E-state index in [0.717, 1.165) is 37.2 Å². The van der Waals surface area contributed by atoms with Gasteiger partial charge in [0.2, 0.25) is 5.91 Å². The van der Waals surface area contributed by atoms with Crippen molar-refractivity contribution in [2.24, 2.45) is 7.05 Å². The molecule has 4 rings (SSSR count). The summed E-state index contributed by atoms with van der Waals surface area (Å²) in [5, 5.41) is 9.36. The van der Waals surface area contributed by atoms with Crippen molar-refractivity contribution < 1.29 is 4.79 Å². The Morgan fingerprint density at radius 1 is 1.12 bits per heavy atom.